The smallest absolute Gasteiger partial charge is 0.337 e. The summed E-state index contributed by atoms with van der Waals surface area (Å²) in [6.07, 6.45) is 0. The molecule has 0 radical (unpaired) electrons. The fraction of sp³-hybridized carbons (Fsp3) is 0.500. The molecule has 7 heteroatoms. The van der Waals surface area contributed by atoms with E-state index < -0.39 is 18.0 Å². The van der Waals surface area contributed by atoms with Crippen LogP contribution in [-0.4, -0.2) is 40.0 Å². The van der Waals surface area contributed by atoms with Crippen LogP contribution in [0, 0.1) is 0 Å². The van der Waals surface area contributed by atoms with Crippen molar-refractivity contribution >= 4 is 11.9 Å². The van der Waals surface area contributed by atoms with Gasteiger partial charge < -0.3 is 15.1 Å². The lowest BCUT2D eigenvalue weighted by molar-refractivity contribution is -0.345. The average Bonchev–Trinajstić information content (AvgIpc) is 2.42. The van der Waals surface area contributed by atoms with Crippen molar-refractivity contribution in [2.24, 2.45) is 0 Å². The van der Waals surface area contributed by atoms with Crippen molar-refractivity contribution in [3.8, 4) is 0 Å². The number of carboxylic acid groups (broad SMARTS) is 2. The normalized spacial score (nSPS) is 21.6. The number of carbonyl (C=O) groups is 2. The number of allylic oxidation sites excluding steroid dienone is 1. The second-order valence-electron chi connectivity index (χ2n) is 2.81. The van der Waals surface area contributed by atoms with Crippen LogP contribution in [0.5, 0.6) is 0 Å². The molecular weight excluding hydrogens is 206 g/mol. The molecule has 0 aromatic carbocycles. The summed E-state index contributed by atoms with van der Waals surface area (Å²) >= 11 is 0. The summed E-state index contributed by atoms with van der Waals surface area (Å²) in [4.78, 5) is 31.4. The largest absolute Gasteiger partial charge is 0.480 e. The Labute approximate surface area is 85.4 Å². The molecule has 0 fully saturated rings. The zero-order valence-corrected chi connectivity index (χ0v) is 8.26. The van der Waals surface area contributed by atoms with Gasteiger partial charge in [-0.05, 0) is 13.8 Å². The molecule has 0 saturated heterocycles. The molecule has 0 spiro atoms. The van der Waals surface area contributed by atoms with E-state index in [1.165, 1.54) is 6.92 Å². The van der Waals surface area contributed by atoms with Crippen LogP contribution in [0.2, 0.25) is 0 Å². The first-order valence-corrected chi connectivity index (χ1v) is 4.26. The Hall–Kier alpha value is -1.60. The molecule has 15 heavy (non-hydrogen) atoms. The number of hydrogen-bond donors (Lipinski definition) is 2. The first kappa shape index (κ1) is 11.5. The summed E-state index contributed by atoms with van der Waals surface area (Å²) in [6.45, 7) is 3.19. The Morgan fingerprint density at radius 1 is 1.53 bits per heavy atom. The van der Waals surface area contributed by atoms with Crippen LogP contribution in [0.4, 0.5) is 0 Å². The third-order valence-corrected chi connectivity index (χ3v) is 1.81. The van der Waals surface area contributed by atoms with Gasteiger partial charge in [0.05, 0.1) is 6.61 Å². The van der Waals surface area contributed by atoms with Gasteiger partial charge in [0, 0.05) is 5.23 Å². The highest BCUT2D eigenvalue weighted by molar-refractivity contribution is 5.96. The molecule has 1 heterocycles. The quantitative estimate of drug-likeness (QED) is 0.683. The maximum absolute atomic E-state index is 10.8. The molecule has 0 aromatic rings. The van der Waals surface area contributed by atoms with E-state index in [9.17, 15) is 9.59 Å². The summed E-state index contributed by atoms with van der Waals surface area (Å²) in [5.74, 6) is -2.65. The molecule has 2 N–H and O–H groups in total. The van der Waals surface area contributed by atoms with E-state index in [1.54, 1.807) is 6.92 Å². The first-order chi connectivity index (χ1) is 6.99. The van der Waals surface area contributed by atoms with Crippen LogP contribution < -0.4 is 0 Å². The number of rotatable bonds is 4. The summed E-state index contributed by atoms with van der Waals surface area (Å²) in [5, 5.41) is 18.3. The molecule has 0 amide bonds. The molecule has 1 aliphatic heterocycles. The standard InChI is InChI=1S/C8H11NO6/c1-3-14-9-6(8(12)13)5(7(10)11)4(2)15-9/h6H,3H2,1-2H3,(H,10,11)(H,12,13). The maximum Gasteiger partial charge on any atom is 0.337 e. The number of aliphatic carboxylic acids is 2. The van der Waals surface area contributed by atoms with Crippen LogP contribution in [-0.2, 0) is 19.3 Å². The molecule has 0 aromatic heterocycles. The minimum atomic E-state index is -1.43. The predicted molar refractivity (Wildman–Crippen MR) is 46.3 cm³/mol. The predicted octanol–water partition coefficient (Wildman–Crippen LogP) is -0.00310. The second kappa shape index (κ2) is 4.28. The molecule has 84 valence electrons. The lowest BCUT2D eigenvalue weighted by Crippen LogP contribution is -2.39. The van der Waals surface area contributed by atoms with Gasteiger partial charge >= 0.3 is 11.9 Å². The fourth-order valence-corrected chi connectivity index (χ4v) is 1.24. The summed E-state index contributed by atoms with van der Waals surface area (Å²) in [7, 11) is 0. The number of carboxylic acids is 2. The zero-order chi connectivity index (χ0) is 11.6. The van der Waals surface area contributed by atoms with Gasteiger partial charge in [-0.3, -0.25) is 4.84 Å². The van der Waals surface area contributed by atoms with Crippen molar-refractivity contribution in [2.45, 2.75) is 19.9 Å². The van der Waals surface area contributed by atoms with Gasteiger partial charge in [-0.25, -0.2) is 9.59 Å². The Kier molecular flexibility index (Phi) is 3.28. The topological polar surface area (TPSA) is 96.3 Å². The van der Waals surface area contributed by atoms with Crippen molar-refractivity contribution in [3.63, 3.8) is 0 Å². The highest BCUT2D eigenvalue weighted by Crippen LogP contribution is 2.26. The molecule has 0 bridgehead atoms. The van der Waals surface area contributed by atoms with Crippen LogP contribution in [0.3, 0.4) is 0 Å². The first-order valence-electron chi connectivity index (χ1n) is 4.26. The maximum atomic E-state index is 10.8. The van der Waals surface area contributed by atoms with Gasteiger partial charge in [0.15, 0.2) is 0 Å². The van der Waals surface area contributed by atoms with E-state index in [2.05, 4.69) is 0 Å². The number of hydrogen-bond acceptors (Lipinski definition) is 5. The molecule has 7 nitrogen and oxygen atoms in total. The van der Waals surface area contributed by atoms with E-state index in [-0.39, 0.29) is 17.9 Å². The lowest BCUT2D eigenvalue weighted by Gasteiger charge is -2.18. The fourth-order valence-electron chi connectivity index (χ4n) is 1.24. The van der Waals surface area contributed by atoms with Crippen molar-refractivity contribution < 1.29 is 29.5 Å². The summed E-state index contributed by atoms with van der Waals surface area (Å²) in [5.41, 5.74) is -0.323. The van der Waals surface area contributed by atoms with Crippen molar-refractivity contribution in [1.82, 2.24) is 5.23 Å². The van der Waals surface area contributed by atoms with Crippen molar-refractivity contribution in [3.05, 3.63) is 11.3 Å². The third-order valence-electron chi connectivity index (χ3n) is 1.81. The highest BCUT2D eigenvalue weighted by Gasteiger charge is 2.43. The van der Waals surface area contributed by atoms with Gasteiger partial charge in [-0.2, -0.15) is 0 Å². The van der Waals surface area contributed by atoms with Gasteiger partial charge in [-0.1, -0.05) is 0 Å². The van der Waals surface area contributed by atoms with Crippen LogP contribution in [0.15, 0.2) is 11.3 Å². The van der Waals surface area contributed by atoms with E-state index in [1.807, 2.05) is 0 Å². The molecule has 1 aliphatic rings. The SMILES string of the molecule is CCON1OC(C)=C(C(=O)O)C1C(=O)O. The number of nitrogens with zero attached hydrogens (tertiary/aromatic N) is 1. The van der Waals surface area contributed by atoms with E-state index >= 15 is 0 Å². The van der Waals surface area contributed by atoms with Gasteiger partial charge in [0.25, 0.3) is 0 Å². The molecular formula is C8H11NO6. The molecule has 0 saturated carbocycles. The minimum absolute atomic E-state index is 0.0170. The van der Waals surface area contributed by atoms with Crippen molar-refractivity contribution in [2.75, 3.05) is 6.61 Å². The highest BCUT2D eigenvalue weighted by atomic mass is 17.0. The van der Waals surface area contributed by atoms with Gasteiger partial charge in [-0.15, -0.1) is 0 Å². The Morgan fingerprint density at radius 2 is 2.13 bits per heavy atom. The van der Waals surface area contributed by atoms with Crippen molar-refractivity contribution in [1.29, 1.82) is 0 Å². The van der Waals surface area contributed by atoms with Gasteiger partial charge in [0.1, 0.15) is 11.3 Å². The van der Waals surface area contributed by atoms with E-state index in [0.717, 1.165) is 0 Å². The average molecular weight is 217 g/mol. The second-order valence-corrected chi connectivity index (χ2v) is 2.81. The molecule has 1 rings (SSSR count). The number of hydroxylamine groups is 2. The minimum Gasteiger partial charge on any atom is -0.480 e. The third kappa shape index (κ3) is 2.08. The molecule has 1 atom stereocenters. The van der Waals surface area contributed by atoms with Crippen LogP contribution in [0.1, 0.15) is 13.8 Å². The van der Waals surface area contributed by atoms with Crippen LogP contribution in [0.25, 0.3) is 0 Å². The monoisotopic (exact) mass is 217 g/mol. The van der Waals surface area contributed by atoms with Crippen LogP contribution >= 0.6 is 0 Å². The Bertz CT molecular complexity index is 323. The lowest BCUT2D eigenvalue weighted by atomic mass is 10.1. The van der Waals surface area contributed by atoms with E-state index in [0.29, 0.717) is 5.23 Å². The van der Waals surface area contributed by atoms with E-state index in [4.69, 9.17) is 19.9 Å². The summed E-state index contributed by atoms with van der Waals surface area (Å²) < 4.78 is 0. The van der Waals surface area contributed by atoms with Gasteiger partial charge in [0.2, 0.25) is 6.04 Å². The Balaban J connectivity index is 2.98. The molecule has 1 unspecified atom stereocenters. The summed E-state index contributed by atoms with van der Waals surface area (Å²) in [6, 6.07) is -1.43. The Morgan fingerprint density at radius 3 is 2.53 bits per heavy atom. The molecule has 0 aliphatic carbocycles. The zero-order valence-electron chi connectivity index (χ0n) is 8.26.